The van der Waals surface area contributed by atoms with Gasteiger partial charge in [-0.1, -0.05) is 0 Å². The van der Waals surface area contributed by atoms with Gasteiger partial charge in [-0.25, -0.2) is 0 Å². The summed E-state index contributed by atoms with van der Waals surface area (Å²) in [6.07, 6.45) is -2.36. The fourth-order valence-electron chi connectivity index (χ4n) is 2.41. The topological polar surface area (TPSA) is 54.5 Å². The van der Waals surface area contributed by atoms with E-state index in [1.54, 1.807) is 6.07 Å². The van der Waals surface area contributed by atoms with Crippen molar-refractivity contribution < 1.29 is 13.2 Å². The highest BCUT2D eigenvalue weighted by molar-refractivity contribution is 7.98. The number of rotatable bonds is 4. The summed E-state index contributed by atoms with van der Waals surface area (Å²) in [6, 6.07) is 5.77. The van der Waals surface area contributed by atoms with Crippen LogP contribution in [-0.4, -0.2) is 14.8 Å². The lowest BCUT2D eigenvalue weighted by Crippen LogP contribution is -2.08. The van der Waals surface area contributed by atoms with E-state index in [0.29, 0.717) is 16.7 Å². The molecule has 0 amide bonds. The zero-order valence-corrected chi connectivity index (χ0v) is 13.1. The van der Waals surface area contributed by atoms with Crippen LogP contribution < -0.4 is 0 Å². The van der Waals surface area contributed by atoms with Crippen molar-refractivity contribution in [3.05, 3.63) is 41.0 Å². The van der Waals surface area contributed by atoms with Crippen molar-refractivity contribution in [3.63, 3.8) is 0 Å². The summed E-state index contributed by atoms with van der Waals surface area (Å²) in [5.41, 5.74) is -1.26. The lowest BCUT2D eigenvalue weighted by Gasteiger charge is -2.11. The van der Waals surface area contributed by atoms with Gasteiger partial charge in [-0.2, -0.15) is 18.4 Å². The lowest BCUT2D eigenvalue weighted by atomic mass is 10.1. The first-order valence-corrected chi connectivity index (χ1v) is 8.03. The molecular weight excluding hydrogens is 325 g/mol. The second-order valence-corrected chi connectivity index (χ2v) is 6.42. The summed E-state index contributed by atoms with van der Waals surface area (Å²) in [4.78, 5) is 0.458. The number of nitrogens with zero attached hydrogens (tertiary/aromatic N) is 4. The Balaban J connectivity index is 1.80. The van der Waals surface area contributed by atoms with Crippen LogP contribution in [0.25, 0.3) is 0 Å². The van der Waals surface area contributed by atoms with Crippen LogP contribution in [0.2, 0.25) is 0 Å². The van der Waals surface area contributed by atoms with Crippen molar-refractivity contribution in [2.75, 3.05) is 0 Å². The van der Waals surface area contributed by atoms with Crippen LogP contribution in [0, 0.1) is 18.3 Å². The van der Waals surface area contributed by atoms with E-state index in [-0.39, 0.29) is 5.56 Å². The first-order valence-electron chi connectivity index (χ1n) is 7.04. The number of thioether (sulfide) groups is 1. The molecule has 4 nitrogen and oxygen atoms in total. The molecule has 1 fully saturated rings. The van der Waals surface area contributed by atoms with Gasteiger partial charge in [0.15, 0.2) is 0 Å². The first-order chi connectivity index (χ1) is 10.9. The van der Waals surface area contributed by atoms with E-state index in [0.717, 1.165) is 30.6 Å². The van der Waals surface area contributed by atoms with Crippen LogP contribution in [0.1, 0.15) is 41.7 Å². The first kappa shape index (κ1) is 15.9. The molecule has 8 heteroatoms. The van der Waals surface area contributed by atoms with Crippen molar-refractivity contribution in [1.82, 2.24) is 14.8 Å². The molecular formula is C15H13F3N4S. The van der Waals surface area contributed by atoms with Crippen LogP contribution in [0.15, 0.2) is 23.1 Å². The van der Waals surface area contributed by atoms with E-state index in [4.69, 9.17) is 5.26 Å². The van der Waals surface area contributed by atoms with Gasteiger partial charge >= 0.3 is 6.18 Å². The monoisotopic (exact) mass is 338 g/mol. The number of alkyl halides is 3. The zero-order chi connectivity index (χ0) is 16.6. The molecule has 0 aliphatic heterocycles. The van der Waals surface area contributed by atoms with Crippen LogP contribution >= 0.6 is 11.8 Å². The summed E-state index contributed by atoms with van der Waals surface area (Å²) in [5, 5.41) is 17.0. The van der Waals surface area contributed by atoms with Gasteiger partial charge in [0.05, 0.1) is 22.9 Å². The molecule has 1 aromatic heterocycles. The predicted octanol–water partition coefficient (Wildman–Crippen LogP) is 4.10. The van der Waals surface area contributed by atoms with Crippen molar-refractivity contribution in [3.8, 4) is 6.07 Å². The molecule has 1 heterocycles. The number of aromatic nitrogens is 3. The molecule has 0 unspecified atom stereocenters. The third-order valence-electron chi connectivity index (χ3n) is 3.63. The number of nitriles is 1. The SMILES string of the molecule is Cc1nnc(CSc2ccc(C#N)c(C(F)(F)F)c2)n1C1CC1. The van der Waals surface area contributed by atoms with E-state index in [2.05, 4.69) is 14.8 Å². The Bertz CT molecular complexity index is 772. The van der Waals surface area contributed by atoms with Gasteiger partial charge in [0.2, 0.25) is 0 Å². The number of hydrogen-bond acceptors (Lipinski definition) is 4. The standard InChI is InChI=1S/C15H13F3N4S/c1-9-20-21-14(22(9)11-3-4-11)8-23-12-5-2-10(7-19)13(6-12)15(16,17)18/h2,5-6,11H,3-4,8H2,1H3. The fourth-order valence-corrected chi connectivity index (χ4v) is 3.27. The molecule has 1 saturated carbocycles. The Morgan fingerprint density at radius 1 is 1.35 bits per heavy atom. The fraction of sp³-hybridized carbons (Fsp3) is 0.400. The van der Waals surface area contributed by atoms with Crippen LogP contribution in [0.5, 0.6) is 0 Å². The highest BCUT2D eigenvalue weighted by Gasteiger charge is 2.34. The molecule has 0 spiro atoms. The number of hydrogen-bond donors (Lipinski definition) is 0. The van der Waals surface area contributed by atoms with E-state index >= 15 is 0 Å². The quantitative estimate of drug-likeness (QED) is 0.788. The van der Waals surface area contributed by atoms with Crippen molar-refractivity contribution in [2.24, 2.45) is 0 Å². The predicted molar refractivity (Wildman–Crippen MR) is 78.8 cm³/mol. The number of benzene rings is 1. The van der Waals surface area contributed by atoms with E-state index in [1.807, 2.05) is 6.92 Å². The average molecular weight is 338 g/mol. The van der Waals surface area contributed by atoms with Crippen LogP contribution in [0.3, 0.4) is 0 Å². The van der Waals surface area contributed by atoms with E-state index < -0.39 is 11.7 Å². The van der Waals surface area contributed by atoms with E-state index in [1.165, 1.54) is 23.9 Å². The molecule has 0 bridgehead atoms. The Labute approximate surface area is 135 Å². The molecule has 1 aliphatic rings. The van der Waals surface area contributed by atoms with Crippen molar-refractivity contribution in [1.29, 1.82) is 5.26 Å². The summed E-state index contributed by atoms with van der Waals surface area (Å²) in [6.45, 7) is 1.88. The minimum absolute atomic E-state index is 0.362. The third kappa shape index (κ3) is 3.34. The Kier molecular flexibility index (Phi) is 4.06. The summed E-state index contributed by atoms with van der Waals surface area (Å²) in [5.74, 6) is 2.05. The second kappa shape index (κ2) is 5.89. The van der Waals surface area contributed by atoms with Crippen LogP contribution in [0.4, 0.5) is 13.2 Å². The molecule has 2 aromatic rings. The van der Waals surface area contributed by atoms with Gasteiger partial charge in [-0.15, -0.1) is 22.0 Å². The largest absolute Gasteiger partial charge is 0.417 e. The zero-order valence-electron chi connectivity index (χ0n) is 12.3. The van der Waals surface area contributed by atoms with Crippen LogP contribution in [-0.2, 0) is 11.9 Å². The molecule has 0 radical (unpaired) electrons. The third-order valence-corrected chi connectivity index (χ3v) is 4.62. The minimum Gasteiger partial charge on any atom is -0.311 e. The van der Waals surface area contributed by atoms with Gasteiger partial charge in [0.25, 0.3) is 0 Å². The maximum atomic E-state index is 13.0. The molecule has 120 valence electrons. The lowest BCUT2D eigenvalue weighted by molar-refractivity contribution is -0.137. The number of aryl methyl sites for hydroxylation is 1. The Morgan fingerprint density at radius 2 is 2.09 bits per heavy atom. The van der Waals surface area contributed by atoms with Gasteiger partial charge in [0.1, 0.15) is 11.6 Å². The van der Waals surface area contributed by atoms with Crippen molar-refractivity contribution in [2.45, 2.75) is 42.6 Å². The van der Waals surface area contributed by atoms with E-state index in [9.17, 15) is 13.2 Å². The second-order valence-electron chi connectivity index (χ2n) is 5.37. The molecule has 0 N–H and O–H groups in total. The molecule has 0 saturated heterocycles. The Hall–Kier alpha value is -2.01. The molecule has 3 rings (SSSR count). The number of halogens is 3. The minimum atomic E-state index is -4.54. The van der Waals surface area contributed by atoms with Gasteiger partial charge in [0, 0.05) is 10.9 Å². The molecule has 23 heavy (non-hydrogen) atoms. The van der Waals surface area contributed by atoms with Gasteiger partial charge in [-0.3, -0.25) is 0 Å². The molecule has 0 atom stereocenters. The summed E-state index contributed by atoms with van der Waals surface area (Å²) < 4.78 is 41.0. The smallest absolute Gasteiger partial charge is 0.311 e. The highest BCUT2D eigenvalue weighted by Crippen LogP contribution is 2.38. The normalized spacial score (nSPS) is 14.7. The molecule has 1 aromatic carbocycles. The van der Waals surface area contributed by atoms with Gasteiger partial charge in [-0.05, 0) is 38.0 Å². The summed E-state index contributed by atoms with van der Waals surface area (Å²) in [7, 11) is 0. The summed E-state index contributed by atoms with van der Waals surface area (Å²) >= 11 is 1.26. The average Bonchev–Trinajstić information content (AvgIpc) is 3.27. The molecule has 1 aliphatic carbocycles. The highest BCUT2D eigenvalue weighted by atomic mass is 32.2. The maximum absolute atomic E-state index is 13.0. The van der Waals surface area contributed by atoms with Gasteiger partial charge < -0.3 is 4.57 Å². The maximum Gasteiger partial charge on any atom is 0.417 e. The Morgan fingerprint density at radius 3 is 2.70 bits per heavy atom. The van der Waals surface area contributed by atoms with Crippen molar-refractivity contribution >= 4 is 11.8 Å².